The molecule has 6 nitrogen and oxygen atoms in total. The molecular weight excluding hydrogens is 316 g/mol. The fraction of sp³-hybridized carbons (Fsp3) is 0.316. The van der Waals surface area contributed by atoms with Crippen molar-refractivity contribution in [1.82, 2.24) is 19.9 Å². The molecular formula is C19H20N4O2. The molecule has 0 bridgehead atoms. The van der Waals surface area contributed by atoms with Gasteiger partial charge in [-0.2, -0.15) is 0 Å². The molecule has 0 saturated carbocycles. The predicted molar refractivity (Wildman–Crippen MR) is 94.3 cm³/mol. The first-order valence-electron chi connectivity index (χ1n) is 8.58. The Morgan fingerprint density at radius 2 is 2.12 bits per heavy atom. The standard InChI is InChI=1S/C19H20N4O2/c24-19(17-9-3-4-11-25-17)21-12-14-6-5-10-20-18(14)23-13-22-15-7-1-2-8-16(15)23/h1-2,5-8,10,13,17H,3-4,9,11-12H2,(H,21,24)/t17-/m1/s1. The Morgan fingerprint density at radius 1 is 1.20 bits per heavy atom. The molecule has 1 aliphatic heterocycles. The van der Waals surface area contributed by atoms with E-state index in [0.717, 1.165) is 41.7 Å². The molecule has 0 aliphatic carbocycles. The second-order valence-corrected chi connectivity index (χ2v) is 6.16. The summed E-state index contributed by atoms with van der Waals surface area (Å²) in [7, 11) is 0. The van der Waals surface area contributed by atoms with Gasteiger partial charge in [-0.15, -0.1) is 0 Å². The van der Waals surface area contributed by atoms with Gasteiger partial charge in [-0.05, 0) is 37.5 Å². The summed E-state index contributed by atoms with van der Waals surface area (Å²) < 4.78 is 7.50. The third kappa shape index (κ3) is 3.25. The summed E-state index contributed by atoms with van der Waals surface area (Å²) >= 11 is 0. The first-order chi connectivity index (χ1) is 12.3. The molecule has 4 rings (SSSR count). The van der Waals surface area contributed by atoms with Gasteiger partial charge in [0.25, 0.3) is 0 Å². The van der Waals surface area contributed by atoms with Gasteiger partial charge in [-0.25, -0.2) is 9.97 Å². The number of nitrogens with zero attached hydrogens (tertiary/aromatic N) is 3. The Balaban J connectivity index is 1.56. The van der Waals surface area contributed by atoms with E-state index in [0.29, 0.717) is 13.2 Å². The highest BCUT2D eigenvalue weighted by Gasteiger charge is 2.22. The number of carbonyl (C=O) groups excluding carboxylic acids is 1. The van der Waals surface area contributed by atoms with Crippen LogP contribution < -0.4 is 5.32 Å². The monoisotopic (exact) mass is 336 g/mol. The number of benzene rings is 1. The van der Waals surface area contributed by atoms with Gasteiger partial charge >= 0.3 is 0 Å². The number of amides is 1. The van der Waals surface area contributed by atoms with Crippen LogP contribution in [-0.2, 0) is 16.1 Å². The minimum Gasteiger partial charge on any atom is -0.368 e. The molecule has 3 aromatic rings. The number of nitrogens with one attached hydrogen (secondary N) is 1. The molecule has 1 atom stereocenters. The lowest BCUT2D eigenvalue weighted by Crippen LogP contribution is -2.38. The topological polar surface area (TPSA) is 69.0 Å². The molecule has 0 spiro atoms. The van der Waals surface area contributed by atoms with Gasteiger partial charge in [0.2, 0.25) is 5.91 Å². The highest BCUT2D eigenvalue weighted by atomic mass is 16.5. The molecule has 1 aromatic carbocycles. The van der Waals surface area contributed by atoms with Crippen molar-refractivity contribution in [3.05, 3.63) is 54.5 Å². The molecule has 1 saturated heterocycles. The van der Waals surface area contributed by atoms with Gasteiger partial charge in [0, 0.05) is 24.9 Å². The molecule has 0 radical (unpaired) electrons. The van der Waals surface area contributed by atoms with E-state index in [-0.39, 0.29) is 12.0 Å². The van der Waals surface area contributed by atoms with Crippen LogP contribution in [0.4, 0.5) is 0 Å². The van der Waals surface area contributed by atoms with Crippen molar-refractivity contribution in [2.75, 3.05) is 6.61 Å². The third-order valence-corrected chi connectivity index (χ3v) is 4.47. The Kier molecular flexibility index (Phi) is 4.43. The quantitative estimate of drug-likeness (QED) is 0.795. The van der Waals surface area contributed by atoms with Crippen molar-refractivity contribution >= 4 is 16.9 Å². The largest absolute Gasteiger partial charge is 0.368 e. The van der Waals surface area contributed by atoms with E-state index in [1.165, 1.54) is 0 Å². The molecule has 1 aliphatic rings. The van der Waals surface area contributed by atoms with Crippen molar-refractivity contribution in [2.45, 2.75) is 31.9 Å². The Morgan fingerprint density at radius 3 is 3.00 bits per heavy atom. The highest BCUT2D eigenvalue weighted by Crippen LogP contribution is 2.19. The fourth-order valence-corrected chi connectivity index (χ4v) is 3.16. The molecule has 1 fully saturated rings. The molecule has 2 aromatic heterocycles. The van der Waals surface area contributed by atoms with Crippen molar-refractivity contribution in [3.63, 3.8) is 0 Å². The van der Waals surface area contributed by atoms with Crippen molar-refractivity contribution < 1.29 is 9.53 Å². The van der Waals surface area contributed by atoms with Crippen molar-refractivity contribution in [2.24, 2.45) is 0 Å². The maximum absolute atomic E-state index is 12.3. The number of hydrogen-bond acceptors (Lipinski definition) is 4. The number of pyridine rings is 1. The van der Waals surface area contributed by atoms with E-state index in [9.17, 15) is 4.79 Å². The Labute approximate surface area is 145 Å². The second-order valence-electron chi connectivity index (χ2n) is 6.16. The maximum atomic E-state index is 12.3. The first kappa shape index (κ1) is 15.8. The number of rotatable bonds is 4. The molecule has 3 heterocycles. The highest BCUT2D eigenvalue weighted by molar-refractivity contribution is 5.81. The zero-order chi connectivity index (χ0) is 17.1. The summed E-state index contributed by atoms with van der Waals surface area (Å²) in [6.07, 6.45) is 6.05. The van der Waals surface area contributed by atoms with Crippen LogP contribution in [0.2, 0.25) is 0 Å². The van der Waals surface area contributed by atoms with Crippen LogP contribution in [0.5, 0.6) is 0 Å². The zero-order valence-electron chi connectivity index (χ0n) is 13.9. The van der Waals surface area contributed by atoms with Crippen LogP contribution in [0.25, 0.3) is 16.9 Å². The number of hydrogen-bond donors (Lipinski definition) is 1. The Bertz CT molecular complexity index is 884. The van der Waals surface area contributed by atoms with Gasteiger partial charge in [0.05, 0.1) is 11.0 Å². The van der Waals surface area contributed by atoms with Crippen LogP contribution in [-0.4, -0.2) is 33.2 Å². The maximum Gasteiger partial charge on any atom is 0.249 e. The van der Waals surface area contributed by atoms with E-state index in [2.05, 4.69) is 15.3 Å². The van der Waals surface area contributed by atoms with Crippen LogP contribution in [0.3, 0.4) is 0 Å². The normalized spacial score (nSPS) is 17.5. The summed E-state index contributed by atoms with van der Waals surface area (Å²) in [6.45, 7) is 1.08. The molecule has 128 valence electrons. The van der Waals surface area contributed by atoms with Crippen LogP contribution in [0, 0.1) is 0 Å². The summed E-state index contributed by atoms with van der Waals surface area (Å²) in [4.78, 5) is 21.2. The van der Waals surface area contributed by atoms with E-state index in [1.54, 1.807) is 12.5 Å². The predicted octanol–water partition coefficient (Wildman–Crippen LogP) is 2.61. The molecule has 25 heavy (non-hydrogen) atoms. The van der Waals surface area contributed by atoms with Crippen LogP contribution in [0.15, 0.2) is 48.9 Å². The van der Waals surface area contributed by atoms with Gasteiger partial charge in [-0.3, -0.25) is 9.36 Å². The first-order valence-corrected chi connectivity index (χ1v) is 8.58. The number of aromatic nitrogens is 3. The van der Waals surface area contributed by atoms with Crippen molar-refractivity contribution in [1.29, 1.82) is 0 Å². The summed E-state index contributed by atoms with van der Waals surface area (Å²) in [5, 5.41) is 2.98. The van der Waals surface area contributed by atoms with E-state index >= 15 is 0 Å². The molecule has 1 N–H and O–H groups in total. The summed E-state index contributed by atoms with van der Waals surface area (Å²) in [5.74, 6) is 0.728. The molecule has 0 unspecified atom stereocenters. The van der Waals surface area contributed by atoms with E-state index in [4.69, 9.17) is 4.74 Å². The van der Waals surface area contributed by atoms with Gasteiger partial charge in [0.1, 0.15) is 18.2 Å². The number of fused-ring (bicyclic) bond motifs is 1. The van der Waals surface area contributed by atoms with Gasteiger partial charge < -0.3 is 10.1 Å². The lowest BCUT2D eigenvalue weighted by Gasteiger charge is -2.22. The van der Waals surface area contributed by atoms with E-state index < -0.39 is 0 Å². The lowest BCUT2D eigenvalue weighted by molar-refractivity contribution is -0.135. The smallest absolute Gasteiger partial charge is 0.249 e. The molecule has 6 heteroatoms. The number of imidazole rings is 1. The minimum atomic E-state index is -0.331. The fourth-order valence-electron chi connectivity index (χ4n) is 3.16. The minimum absolute atomic E-state index is 0.0509. The van der Waals surface area contributed by atoms with Gasteiger partial charge in [-0.1, -0.05) is 18.2 Å². The zero-order valence-corrected chi connectivity index (χ0v) is 13.9. The third-order valence-electron chi connectivity index (χ3n) is 4.47. The number of ether oxygens (including phenoxy) is 1. The Hall–Kier alpha value is -2.73. The van der Waals surface area contributed by atoms with Crippen LogP contribution in [0.1, 0.15) is 24.8 Å². The van der Waals surface area contributed by atoms with Crippen LogP contribution >= 0.6 is 0 Å². The molecule has 1 amide bonds. The average Bonchev–Trinajstić information content (AvgIpc) is 3.11. The van der Waals surface area contributed by atoms with E-state index in [1.807, 2.05) is 41.0 Å². The number of carbonyl (C=O) groups is 1. The summed E-state index contributed by atoms with van der Waals surface area (Å²) in [6, 6.07) is 11.8. The summed E-state index contributed by atoms with van der Waals surface area (Å²) in [5.41, 5.74) is 2.85. The second kappa shape index (κ2) is 7.03. The number of para-hydroxylation sites is 2. The van der Waals surface area contributed by atoms with Gasteiger partial charge in [0.15, 0.2) is 0 Å². The average molecular weight is 336 g/mol. The van der Waals surface area contributed by atoms with Crippen molar-refractivity contribution in [3.8, 4) is 5.82 Å². The lowest BCUT2D eigenvalue weighted by atomic mass is 10.1. The SMILES string of the molecule is O=C(NCc1cccnc1-n1cnc2ccccc21)[C@H]1CCCCO1.